The molecule has 0 N–H and O–H groups in total. The van der Waals surface area contributed by atoms with Crippen molar-refractivity contribution >= 4 is 0 Å². The van der Waals surface area contributed by atoms with Crippen molar-refractivity contribution in [3.63, 3.8) is 0 Å². The Morgan fingerprint density at radius 3 is 2.95 bits per heavy atom. The van der Waals surface area contributed by atoms with E-state index in [4.69, 9.17) is 0 Å². The lowest BCUT2D eigenvalue weighted by atomic mass is 9.53. The van der Waals surface area contributed by atoms with E-state index >= 15 is 0 Å². The van der Waals surface area contributed by atoms with E-state index in [2.05, 4.69) is 38.2 Å². The Kier molecular flexibility index (Phi) is 2.98. The molecule has 0 aromatic heterocycles. The molecule has 0 saturated heterocycles. The highest BCUT2D eigenvalue weighted by atomic mass is 14.6. The van der Waals surface area contributed by atoms with Crippen molar-refractivity contribution in [3.05, 3.63) is 35.5 Å². The summed E-state index contributed by atoms with van der Waals surface area (Å²) in [6.07, 6.45) is 19.7. The number of hydrogen-bond acceptors (Lipinski definition) is 0. The maximum absolute atomic E-state index is 2.60. The zero-order valence-electron chi connectivity index (χ0n) is 13.1. The van der Waals surface area contributed by atoms with Gasteiger partial charge in [-0.25, -0.2) is 0 Å². The monoisotopic (exact) mass is 268 g/mol. The predicted molar refractivity (Wildman–Crippen MR) is 85.4 cm³/mol. The lowest BCUT2D eigenvalue weighted by Crippen LogP contribution is -2.43. The fourth-order valence-corrected chi connectivity index (χ4v) is 6.22. The quantitative estimate of drug-likeness (QED) is 0.496. The fraction of sp³-hybridized carbons (Fsp3) is 0.700. The second-order valence-electron chi connectivity index (χ2n) is 7.77. The van der Waals surface area contributed by atoms with Gasteiger partial charge in [-0.1, -0.05) is 36.8 Å². The summed E-state index contributed by atoms with van der Waals surface area (Å²) >= 11 is 0. The van der Waals surface area contributed by atoms with Gasteiger partial charge in [0.15, 0.2) is 0 Å². The maximum atomic E-state index is 2.60. The molecule has 2 fully saturated rings. The minimum absolute atomic E-state index is 0.547. The van der Waals surface area contributed by atoms with Gasteiger partial charge in [0.25, 0.3) is 0 Å². The van der Waals surface area contributed by atoms with E-state index in [1.807, 2.05) is 0 Å². The summed E-state index contributed by atoms with van der Waals surface area (Å²) in [5.74, 6) is 3.84. The number of rotatable bonds is 0. The minimum Gasteiger partial charge on any atom is -0.0879 e. The van der Waals surface area contributed by atoms with Gasteiger partial charge in [-0.2, -0.15) is 0 Å². The molecule has 0 aromatic carbocycles. The van der Waals surface area contributed by atoms with Crippen LogP contribution in [0.4, 0.5) is 0 Å². The number of hydrogen-bond donors (Lipinski definition) is 0. The molecule has 5 atom stereocenters. The highest BCUT2D eigenvalue weighted by molar-refractivity contribution is 5.31. The molecule has 0 radical (unpaired) electrons. The van der Waals surface area contributed by atoms with E-state index < -0.39 is 0 Å². The molecular weight excluding hydrogens is 240 g/mol. The van der Waals surface area contributed by atoms with Gasteiger partial charge in [0.05, 0.1) is 0 Å². The first-order valence-electron chi connectivity index (χ1n) is 8.76. The zero-order chi connectivity index (χ0) is 13.7. The SMILES string of the molecule is C/C=C1\CC[C@H]2[C@@H]3CC=C4C=CCC[C@@H]4[C@H]3CC[C@]12C. The third kappa shape index (κ3) is 1.66. The van der Waals surface area contributed by atoms with E-state index in [9.17, 15) is 0 Å². The summed E-state index contributed by atoms with van der Waals surface area (Å²) in [7, 11) is 0. The average molecular weight is 268 g/mol. The predicted octanol–water partition coefficient (Wildman–Crippen LogP) is 5.67. The molecule has 0 unspecified atom stereocenters. The maximum Gasteiger partial charge on any atom is -0.00852 e. The van der Waals surface area contributed by atoms with Crippen LogP contribution in [0, 0.1) is 29.1 Å². The van der Waals surface area contributed by atoms with Gasteiger partial charge < -0.3 is 0 Å². The van der Waals surface area contributed by atoms with E-state index in [1.54, 1.807) is 11.1 Å². The van der Waals surface area contributed by atoms with Crippen LogP contribution in [0.3, 0.4) is 0 Å². The largest absolute Gasteiger partial charge is 0.0879 e. The molecule has 0 bridgehead atoms. The molecule has 0 spiro atoms. The van der Waals surface area contributed by atoms with Crippen LogP contribution in [0.1, 0.15) is 58.8 Å². The highest BCUT2D eigenvalue weighted by Gasteiger charge is 2.53. The van der Waals surface area contributed by atoms with Crippen LogP contribution < -0.4 is 0 Å². The van der Waals surface area contributed by atoms with E-state index in [0.29, 0.717) is 5.41 Å². The first-order valence-corrected chi connectivity index (χ1v) is 8.76. The van der Waals surface area contributed by atoms with Gasteiger partial charge in [-0.05, 0) is 86.5 Å². The molecule has 4 aliphatic rings. The Bertz CT molecular complexity index is 492. The average Bonchev–Trinajstić information content (AvgIpc) is 2.83. The molecule has 0 nitrogen and oxygen atoms in total. The van der Waals surface area contributed by atoms with Gasteiger partial charge in [0.1, 0.15) is 0 Å². The minimum atomic E-state index is 0.547. The van der Waals surface area contributed by atoms with Crippen LogP contribution in [0.15, 0.2) is 35.5 Å². The first kappa shape index (κ1) is 12.9. The Morgan fingerprint density at radius 2 is 2.10 bits per heavy atom. The lowest BCUT2D eigenvalue weighted by molar-refractivity contribution is 0.0303. The standard InChI is InChI=1S/C20H28/c1-3-15-9-11-19-18-10-8-14-6-4-5-7-16(14)17(18)12-13-20(15,19)2/h3-4,6,8,16-19H,5,7,9-13H2,1-2H3/b15-3+/t16-,17+,18+,19-,20+/m0/s1. The van der Waals surface area contributed by atoms with Gasteiger partial charge >= 0.3 is 0 Å². The molecule has 4 aliphatic carbocycles. The summed E-state index contributed by atoms with van der Waals surface area (Å²) in [5.41, 5.74) is 4.01. The van der Waals surface area contributed by atoms with Gasteiger partial charge in [-0.3, -0.25) is 0 Å². The van der Waals surface area contributed by atoms with Crippen LogP contribution in [0.25, 0.3) is 0 Å². The van der Waals surface area contributed by atoms with Gasteiger partial charge in [0, 0.05) is 0 Å². The van der Waals surface area contributed by atoms with Crippen LogP contribution >= 0.6 is 0 Å². The Labute approximate surface area is 124 Å². The smallest absolute Gasteiger partial charge is 0.00852 e. The van der Waals surface area contributed by atoms with Crippen molar-refractivity contribution in [2.75, 3.05) is 0 Å². The molecule has 108 valence electrons. The second-order valence-corrected chi connectivity index (χ2v) is 7.77. The summed E-state index contributed by atoms with van der Waals surface area (Å²) < 4.78 is 0. The fourth-order valence-electron chi connectivity index (χ4n) is 6.22. The Morgan fingerprint density at radius 1 is 1.20 bits per heavy atom. The van der Waals surface area contributed by atoms with Crippen LogP contribution in [-0.4, -0.2) is 0 Å². The molecule has 20 heavy (non-hydrogen) atoms. The normalized spacial score (nSPS) is 48.5. The van der Waals surface area contributed by atoms with Crippen molar-refractivity contribution in [2.45, 2.75) is 58.8 Å². The van der Waals surface area contributed by atoms with Crippen molar-refractivity contribution in [1.29, 1.82) is 0 Å². The van der Waals surface area contributed by atoms with Crippen LogP contribution in [0.2, 0.25) is 0 Å². The van der Waals surface area contributed by atoms with E-state index in [0.717, 1.165) is 23.7 Å². The summed E-state index contributed by atoms with van der Waals surface area (Å²) in [4.78, 5) is 0. The molecule has 0 amide bonds. The van der Waals surface area contributed by atoms with Crippen molar-refractivity contribution in [2.24, 2.45) is 29.1 Å². The molecule has 2 saturated carbocycles. The summed E-state index contributed by atoms with van der Waals surface area (Å²) in [6.45, 7) is 4.84. The second kappa shape index (κ2) is 4.61. The number of allylic oxidation sites excluding steroid dienone is 6. The molecule has 0 heterocycles. The summed E-state index contributed by atoms with van der Waals surface area (Å²) in [5, 5.41) is 0. The van der Waals surface area contributed by atoms with E-state index in [-0.39, 0.29) is 0 Å². The molecule has 0 aromatic rings. The molecule has 0 aliphatic heterocycles. The molecular formula is C20H28. The Hall–Kier alpha value is -0.780. The van der Waals surface area contributed by atoms with Crippen molar-refractivity contribution < 1.29 is 0 Å². The lowest BCUT2D eigenvalue weighted by Gasteiger charge is -2.51. The van der Waals surface area contributed by atoms with E-state index in [1.165, 1.54) is 44.9 Å². The topological polar surface area (TPSA) is 0 Å². The zero-order valence-corrected chi connectivity index (χ0v) is 13.1. The third-order valence-electron chi connectivity index (χ3n) is 7.21. The van der Waals surface area contributed by atoms with Gasteiger partial charge in [0.2, 0.25) is 0 Å². The van der Waals surface area contributed by atoms with Crippen molar-refractivity contribution in [3.8, 4) is 0 Å². The highest BCUT2D eigenvalue weighted by Crippen LogP contribution is 2.62. The molecule has 4 rings (SSSR count). The van der Waals surface area contributed by atoms with Crippen molar-refractivity contribution in [1.82, 2.24) is 0 Å². The van der Waals surface area contributed by atoms with Crippen LogP contribution in [0.5, 0.6) is 0 Å². The molecule has 0 heteroatoms. The Balaban J connectivity index is 1.68. The number of fused-ring (bicyclic) bond motifs is 5. The third-order valence-corrected chi connectivity index (χ3v) is 7.21. The van der Waals surface area contributed by atoms with Gasteiger partial charge in [-0.15, -0.1) is 0 Å². The first-order chi connectivity index (χ1) is 9.74. The van der Waals surface area contributed by atoms with Crippen LogP contribution in [-0.2, 0) is 0 Å². The summed E-state index contributed by atoms with van der Waals surface area (Å²) in [6, 6.07) is 0.